The molecule has 1 saturated carbocycles. The van der Waals surface area contributed by atoms with Gasteiger partial charge in [0.2, 0.25) is 11.8 Å². The summed E-state index contributed by atoms with van der Waals surface area (Å²) in [4.78, 5) is 39.8. The molecule has 0 bridgehead atoms. The van der Waals surface area contributed by atoms with Crippen molar-refractivity contribution in [3.8, 4) is 0 Å². The lowest BCUT2D eigenvalue weighted by Gasteiger charge is -2.41. The monoisotopic (exact) mass is 339 g/mol. The third-order valence-electron chi connectivity index (χ3n) is 5.06. The maximum Gasteiger partial charge on any atom is 0.306 e. The van der Waals surface area contributed by atoms with Crippen LogP contribution < -0.4 is 5.32 Å². The van der Waals surface area contributed by atoms with Crippen molar-refractivity contribution in [2.24, 2.45) is 5.92 Å². The fourth-order valence-corrected chi connectivity index (χ4v) is 3.23. The van der Waals surface area contributed by atoms with Gasteiger partial charge in [-0.2, -0.15) is 0 Å². The number of esters is 1. The molecule has 136 valence electrons. The molecule has 2 aliphatic rings. The lowest BCUT2D eigenvalue weighted by molar-refractivity contribution is -0.143. The summed E-state index contributed by atoms with van der Waals surface area (Å²) in [5.41, 5.74) is 0. The minimum absolute atomic E-state index is 0.00599. The Morgan fingerprint density at radius 3 is 2.50 bits per heavy atom. The minimum atomic E-state index is -0.484. The summed E-state index contributed by atoms with van der Waals surface area (Å²) in [6, 6.07) is -0.422. The van der Waals surface area contributed by atoms with Crippen molar-refractivity contribution in [1.82, 2.24) is 15.1 Å². The van der Waals surface area contributed by atoms with E-state index in [-0.39, 0.29) is 29.7 Å². The first-order chi connectivity index (χ1) is 11.4. The van der Waals surface area contributed by atoms with E-state index in [0.29, 0.717) is 19.5 Å². The van der Waals surface area contributed by atoms with Gasteiger partial charge < -0.3 is 15.0 Å². The Labute approximate surface area is 143 Å². The lowest BCUT2D eigenvalue weighted by Crippen LogP contribution is -2.58. The minimum Gasteiger partial charge on any atom is -0.469 e. The summed E-state index contributed by atoms with van der Waals surface area (Å²) in [6.07, 6.45) is 3.33. The third-order valence-corrected chi connectivity index (χ3v) is 5.06. The number of rotatable bonds is 6. The SMILES string of the molecule is COC(=O)CCN1CCN(C(=O)[C@@H](C)NC(=O)C2CCC2)[C@@H](C)C1. The number of carbonyl (C=O) groups is 3. The Balaban J connectivity index is 1.78. The zero-order chi connectivity index (χ0) is 17.7. The Morgan fingerprint density at radius 2 is 1.96 bits per heavy atom. The molecule has 2 rings (SSSR count). The van der Waals surface area contributed by atoms with Gasteiger partial charge in [-0.1, -0.05) is 6.42 Å². The Kier molecular flexibility index (Phi) is 6.60. The fraction of sp³-hybridized carbons (Fsp3) is 0.824. The van der Waals surface area contributed by atoms with Crippen LogP contribution in [0.3, 0.4) is 0 Å². The maximum atomic E-state index is 12.6. The van der Waals surface area contributed by atoms with Crippen molar-refractivity contribution in [2.75, 3.05) is 33.3 Å². The van der Waals surface area contributed by atoms with Crippen LogP contribution in [-0.4, -0.2) is 73.0 Å². The molecule has 1 N–H and O–H groups in total. The van der Waals surface area contributed by atoms with Crippen LogP contribution in [0.5, 0.6) is 0 Å². The Hall–Kier alpha value is -1.63. The summed E-state index contributed by atoms with van der Waals surface area (Å²) in [5, 5.41) is 2.85. The van der Waals surface area contributed by atoms with Crippen molar-refractivity contribution in [3.63, 3.8) is 0 Å². The van der Waals surface area contributed by atoms with Gasteiger partial charge in [-0.3, -0.25) is 19.3 Å². The largest absolute Gasteiger partial charge is 0.469 e. The molecule has 0 spiro atoms. The van der Waals surface area contributed by atoms with Crippen molar-refractivity contribution in [1.29, 1.82) is 0 Å². The van der Waals surface area contributed by atoms with Crippen LogP contribution in [-0.2, 0) is 19.1 Å². The maximum absolute atomic E-state index is 12.6. The summed E-state index contributed by atoms with van der Waals surface area (Å²) in [7, 11) is 1.39. The number of nitrogens with one attached hydrogen (secondary N) is 1. The summed E-state index contributed by atoms with van der Waals surface area (Å²) < 4.78 is 4.66. The van der Waals surface area contributed by atoms with Gasteiger partial charge in [0.1, 0.15) is 6.04 Å². The molecule has 2 amide bonds. The lowest BCUT2D eigenvalue weighted by atomic mass is 9.84. The molecule has 0 aromatic carbocycles. The summed E-state index contributed by atoms with van der Waals surface area (Å²) in [5.74, 6) is -0.143. The number of hydrogen-bond acceptors (Lipinski definition) is 5. The topological polar surface area (TPSA) is 79.0 Å². The first kappa shape index (κ1) is 18.7. The van der Waals surface area contributed by atoms with Crippen LogP contribution >= 0.6 is 0 Å². The van der Waals surface area contributed by atoms with Crippen LogP contribution in [0.25, 0.3) is 0 Å². The molecule has 0 radical (unpaired) electrons. The molecule has 1 heterocycles. The van der Waals surface area contributed by atoms with Gasteiger partial charge in [-0.05, 0) is 26.7 Å². The second-order valence-corrected chi connectivity index (χ2v) is 6.87. The van der Waals surface area contributed by atoms with E-state index >= 15 is 0 Å². The van der Waals surface area contributed by atoms with Gasteiger partial charge >= 0.3 is 5.97 Å². The van der Waals surface area contributed by atoms with E-state index < -0.39 is 6.04 Å². The molecular formula is C17H29N3O4. The van der Waals surface area contributed by atoms with Crippen LogP contribution in [0.4, 0.5) is 0 Å². The molecule has 24 heavy (non-hydrogen) atoms. The normalized spacial score (nSPS) is 23.3. The number of hydrogen-bond donors (Lipinski definition) is 1. The zero-order valence-corrected chi connectivity index (χ0v) is 14.9. The molecule has 0 aromatic rings. The Morgan fingerprint density at radius 1 is 1.25 bits per heavy atom. The highest BCUT2D eigenvalue weighted by Gasteiger charge is 2.32. The van der Waals surface area contributed by atoms with Gasteiger partial charge in [0.05, 0.1) is 13.5 Å². The van der Waals surface area contributed by atoms with Crippen molar-refractivity contribution in [2.45, 2.75) is 51.6 Å². The molecule has 2 fully saturated rings. The van der Waals surface area contributed by atoms with E-state index in [0.717, 1.165) is 32.4 Å². The molecule has 1 aliphatic heterocycles. The van der Waals surface area contributed by atoms with Gasteiger partial charge in [0, 0.05) is 38.1 Å². The number of ether oxygens (including phenoxy) is 1. The molecule has 0 unspecified atom stereocenters. The van der Waals surface area contributed by atoms with E-state index in [2.05, 4.69) is 15.0 Å². The molecule has 1 saturated heterocycles. The number of nitrogens with zero attached hydrogens (tertiary/aromatic N) is 2. The molecule has 0 aromatic heterocycles. The van der Waals surface area contributed by atoms with Crippen molar-refractivity contribution < 1.29 is 19.1 Å². The van der Waals surface area contributed by atoms with Crippen LogP contribution in [0, 0.1) is 5.92 Å². The smallest absolute Gasteiger partial charge is 0.306 e. The Bertz CT molecular complexity index is 478. The van der Waals surface area contributed by atoms with Gasteiger partial charge in [0.25, 0.3) is 0 Å². The van der Waals surface area contributed by atoms with Gasteiger partial charge in [0.15, 0.2) is 0 Å². The average Bonchev–Trinajstić information content (AvgIpc) is 2.50. The second-order valence-electron chi connectivity index (χ2n) is 6.87. The zero-order valence-electron chi connectivity index (χ0n) is 14.9. The van der Waals surface area contributed by atoms with Gasteiger partial charge in [-0.15, -0.1) is 0 Å². The predicted octanol–water partition coefficient (Wildman–Crippen LogP) is 0.387. The highest BCUT2D eigenvalue weighted by atomic mass is 16.5. The quantitative estimate of drug-likeness (QED) is 0.708. The molecular weight excluding hydrogens is 310 g/mol. The van der Waals surface area contributed by atoms with Crippen LogP contribution in [0.1, 0.15) is 39.5 Å². The van der Waals surface area contributed by atoms with E-state index in [9.17, 15) is 14.4 Å². The van der Waals surface area contributed by atoms with E-state index in [1.165, 1.54) is 7.11 Å². The summed E-state index contributed by atoms with van der Waals surface area (Å²) in [6.45, 7) is 6.48. The molecule has 1 aliphatic carbocycles. The number of methoxy groups -OCH3 is 1. The van der Waals surface area contributed by atoms with Crippen molar-refractivity contribution >= 4 is 17.8 Å². The van der Waals surface area contributed by atoms with Gasteiger partial charge in [-0.25, -0.2) is 0 Å². The summed E-state index contributed by atoms with van der Waals surface area (Å²) >= 11 is 0. The standard InChI is InChI=1S/C17H29N3O4/c1-12-11-19(8-7-15(21)24-3)9-10-20(12)17(23)13(2)18-16(22)14-5-4-6-14/h12-14H,4-11H2,1-3H3,(H,18,22)/t12-,13+/m0/s1. The van der Waals surface area contributed by atoms with E-state index in [1.807, 2.05) is 11.8 Å². The first-order valence-corrected chi connectivity index (χ1v) is 8.82. The number of piperazine rings is 1. The van der Waals surface area contributed by atoms with Crippen LogP contribution in [0.2, 0.25) is 0 Å². The van der Waals surface area contributed by atoms with Crippen LogP contribution in [0.15, 0.2) is 0 Å². The molecule has 7 heteroatoms. The van der Waals surface area contributed by atoms with E-state index in [4.69, 9.17) is 0 Å². The average molecular weight is 339 g/mol. The first-order valence-electron chi connectivity index (χ1n) is 8.82. The number of carbonyl (C=O) groups excluding carboxylic acids is 3. The molecule has 2 atom stereocenters. The predicted molar refractivity (Wildman–Crippen MR) is 89.2 cm³/mol. The number of amides is 2. The fourth-order valence-electron chi connectivity index (χ4n) is 3.23. The van der Waals surface area contributed by atoms with Crippen molar-refractivity contribution in [3.05, 3.63) is 0 Å². The highest BCUT2D eigenvalue weighted by molar-refractivity contribution is 5.88. The van der Waals surface area contributed by atoms with E-state index in [1.54, 1.807) is 6.92 Å². The third kappa shape index (κ3) is 4.69. The highest BCUT2D eigenvalue weighted by Crippen LogP contribution is 2.26. The molecule has 7 nitrogen and oxygen atoms in total. The second kappa shape index (κ2) is 8.46.